The molecule has 0 amide bonds. The number of rotatable bonds is 1. The Morgan fingerprint density at radius 3 is 2.64 bits per heavy atom. The number of hydrogen-bond donors (Lipinski definition) is 1. The minimum atomic E-state index is -0.143. The Morgan fingerprint density at radius 1 is 1.29 bits per heavy atom. The Balaban J connectivity index is 2.16. The van der Waals surface area contributed by atoms with Crippen LogP contribution in [0.1, 0.15) is 24.8 Å². The standard InChI is InChI=1S/C12H16FN/c1-9-8-14-7-6-12(9)10-2-4-11(13)5-3-10/h2-5,9,12,14H,6-8H2,1H3. The fraction of sp³-hybridized carbons (Fsp3) is 0.500. The van der Waals surface area contributed by atoms with E-state index in [0.717, 1.165) is 19.5 Å². The topological polar surface area (TPSA) is 12.0 Å². The summed E-state index contributed by atoms with van der Waals surface area (Å²) in [6, 6.07) is 6.96. The number of nitrogens with one attached hydrogen (secondary N) is 1. The zero-order chi connectivity index (χ0) is 9.97. The predicted molar refractivity (Wildman–Crippen MR) is 55.8 cm³/mol. The minimum Gasteiger partial charge on any atom is -0.316 e. The average molecular weight is 193 g/mol. The Morgan fingerprint density at radius 2 is 2.00 bits per heavy atom. The van der Waals surface area contributed by atoms with Crippen LogP contribution in [-0.4, -0.2) is 13.1 Å². The second-order valence-corrected chi connectivity index (χ2v) is 4.13. The average Bonchev–Trinajstić information content (AvgIpc) is 2.20. The van der Waals surface area contributed by atoms with Gasteiger partial charge in [0.25, 0.3) is 0 Å². The molecule has 2 rings (SSSR count). The van der Waals surface area contributed by atoms with Gasteiger partial charge in [-0.1, -0.05) is 19.1 Å². The van der Waals surface area contributed by atoms with Gasteiger partial charge in [-0.25, -0.2) is 4.39 Å². The van der Waals surface area contributed by atoms with E-state index < -0.39 is 0 Å². The van der Waals surface area contributed by atoms with Crippen LogP contribution in [0.3, 0.4) is 0 Å². The predicted octanol–water partition coefficient (Wildman–Crippen LogP) is 2.54. The lowest BCUT2D eigenvalue weighted by molar-refractivity contribution is 0.349. The van der Waals surface area contributed by atoms with Crippen molar-refractivity contribution in [2.24, 2.45) is 5.92 Å². The van der Waals surface area contributed by atoms with Crippen LogP contribution in [0, 0.1) is 11.7 Å². The molecule has 1 aromatic rings. The summed E-state index contributed by atoms with van der Waals surface area (Å²) in [5, 5.41) is 3.37. The molecule has 1 aliphatic rings. The second kappa shape index (κ2) is 4.09. The first-order chi connectivity index (χ1) is 6.77. The molecule has 0 saturated carbocycles. The number of benzene rings is 1. The van der Waals surface area contributed by atoms with Gasteiger partial charge in [0.2, 0.25) is 0 Å². The zero-order valence-corrected chi connectivity index (χ0v) is 8.46. The highest BCUT2D eigenvalue weighted by molar-refractivity contribution is 5.21. The van der Waals surface area contributed by atoms with Crippen LogP contribution in [0.5, 0.6) is 0 Å². The molecule has 1 heterocycles. The molecular weight excluding hydrogens is 177 g/mol. The van der Waals surface area contributed by atoms with Crippen molar-refractivity contribution in [1.29, 1.82) is 0 Å². The first-order valence-corrected chi connectivity index (χ1v) is 5.23. The third-order valence-corrected chi connectivity index (χ3v) is 3.08. The van der Waals surface area contributed by atoms with Gasteiger partial charge in [-0.05, 0) is 49.0 Å². The van der Waals surface area contributed by atoms with Crippen molar-refractivity contribution < 1.29 is 4.39 Å². The summed E-state index contributed by atoms with van der Waals surface area (Å²) in [5.74, 6) is 1.10. The summed E-state index contributed by atoms with van der Waals surface area (Å²) in [6.07, 6.45) is 1.16. The van der Waals surface area contributed by atoms with E-state index in [9.17, 15) is 4.39 Å². The quantitative estimate of drug-likeness (QED) is 0.722. The van der Waals surface area contributed by atoms with Gasteiger partial charge in [0.05, 0.1) is 0 Å². The third-order valence-electron chi connectivity index (χ3n) is 3.08. The smallest absolute Gasteiger partial charge is 0.123 e. The van der Waals surface area contributed by atoms with Crippen LogP contribution < -0.4 is 5.32 Å². The lowest BCUT2D eigenvalue weighted by Gasteiger charge is -2.29. The van der Waals surface area contributed by atoms with Gasteiger partial charge in [0, 0.05) is 0 Å². The molecule has 1 N–H and O–H groups in total. The minimum absolute atomic E-state index is 0.143. The van der Waals surface area contributed by atoms with Crippen molar-refractivity contribution in [3.8, 4) is 0 Å². The normalized spacial score (nSPS) is 27.6. The van der Waals surface area contributed by atoms with Crippen LogP contribution in [0.2, 0.25) is 0 Å². The SMILES string of the molecule is CC1CNCCC1c1ccc(F)cc1. The van der Waals surface area contributed by atoms with E-state index in [0.29, 0.717) is 11.8 Å². The fourth-order valence-corrected chi connectivity index (χ4v) is 2.22. The van der Waals surface area contributed by atoms with E-state index in [-0.39, 0.29) is 5.82 Å². The van der Waals surface area contributed by atoms with Crippen molar-refractivity contribution >= 4 is 0 Å². The maximum absolute atomic E-state index is 12.7. The van der Waals surface area contributed by atoms with Gasteiger partial charge in [-0.15, -0.1) is 0 Å². The molecule has 1 saturated heterocycles. The molecule has 2 heteroatoms. The molecule has 1 fully saturated rings. The highest BCUT2D eigenvalue weighted by atomic mass is 19.1. The summed E-state index contributed by atoms with van der Waals surface area (Å²) in [7, 11) is 0. The van der Waals surface area contributed by atoms with Crippen molar-refractivity contribution in [1.82, 2.24) is 5.32 Å². The van der Waals surface area contributed by atoms with Crippen molar-refractivity contribution in [2.75, 3.05) is 13.1 Å². The molecule has 0 bridgehead atoms. The first kappa shape index (κ1) is 9.66. The molecule has 0 spiro atoms. The van der Waals surface area contributed by atoms with E-state index in [2.05, 4.69) is 12.2 Å². The Labute approximate surface area is 84.3 Å². The molecule has 1 aromatic carbocycles. The van der Waals surface area contributed by atoms with E-state index in [1.54, 1.807) is 12.1 Å². The maximum Gasteiger partial charge on any atom is 0.123 e. The molecule has 1 nitrogen and oxygen atoms in total. The van der Waals surface area contributed by atoms with Gasteiger partial charge in [-0.3, -0.25) is 0 Å². The summed E-state index contributed by atoms with van der Waals surface area (Å²) in [4.78, 5) is 0. The van der Waals surface area contributed by atoms with E-state index in [1.165, 1.54) is 5.56 Å². The first-order valence-electron chi connectivity index (χ1n) is 5.23. The van der Waals surface area contributed by atoms with E-state index in [1.807, 2.05) is 12.1 Å². The molecule has 0 radical (unpaired) electrons. The van der Waals surface area contributed by atoms with Gasteiger partial charge in [0.15, 0.2) is 0 Å². The second-order valence-electron chi connectivity index (χ2n) is 4.13. The Kier molecular flexibility index (Phi) is 2.82. The van der Waals surface area contributed by atoms with E-state index >= 15 is 0 Å². The number of halogens is 1. The van der Waals surface area contributed by atoms with E-state index in [4.69, 9.17) is 0 Å². The molecule has 0 aromatic heterocycles. The number of hydrogen-bond acceptors (Lipinski definition) is 1. The van der Waals surface area contributed by atoms with Crippen LogP contribution >= 0.6 is 0 Å². The molecule has 14 heavy (non-hydrogen) atoms. The van der Waals surface area contributed by atoms with Crippen molar-refractivity contribution in [3.63, 3.8) is 0 Å². The monoisotopic (exact) mass is 193 g/mol. The fourth-order valence-electron chi connectivity index (χ4n) is 2.22. The van der Waals surface area contributed by atoms with Gasteiger partial charge in [-0.2, -0.15) is 0 Å². The molecule has 0 aliphatic carbocycles. The van der Waals surface area contributed by atoms with Gasteiger partial charge in [0.1, 0.15) is 5.82 Å². The summed E-state index contributed by atoms with van der Waals surface area (Å²) in [6.45, 7) is 4.40. The lowest BCUT2D eigenvalue weighted by atomic mass is 9.82. The van der Waals surface area contributed by atoms with Crippen LogP contribution in [0.15, 0.2) is 24.3 Å². The Hall–Kier alpha value is -0.890. The zero-order valence-electron chi connectivity index (χ0n) is 8.46. The van der Waals surface area contributed by atoms with Crippen LogP contribution in [0.25, 0.3) is 0 Å². The maximum atomic E-state index is 12.7. The lowest BCUT2D eigenvalue weighted by Crippen LogP contribution is -2.33. The summed E-state index contributed by atoms with van der Waals surface area (Å²) < 4.78 is 12.7. The molecular formula is C12H16FN. The van der Waals surface area contributed by atoms with Crippen molar-refractivity contribution in [3.05, 3.63) is 35.6 Å². The summed E-state index contributed by atoms with van der Waals surface area (Å²) in [5.41, 5.74) is 1.28. The molecule has 2 atom stereocenters. The van der Waals surface area contributed by atoms with Gasteiger partial charge >= 0.3 is 0 Å². The molecule has 2 unspecified atom stereocenters. The number of piperidine rings is 1. The van der Waals surface area contributed by atoms with Gasteiger partial charge < -0.3 is 5.32 Å². The van der Waals surface area contributed by atoms with Crippen LogP contribution in [-0.2, 0) is 0 Å². The van der Waals surface area contributed by atoms with Crippen LogP contribution in [0.4, 0.5) is 4.39 Å². The highest BCUT2D eigenvalue weighted by Gasteiger charge is 2.22. The largest absolute Gasteiger partial charge is 0.316 e. The molecule has 1 aliphatic heterocycles. The summed E-state index contributed by atoms with van der Waals surface area (Å²) >= 11 is 0. The third kappa shape index (κ3) is 1.95. The Bertz CT molecular complexity index is 294. The van der Waals surface area contributed by atoms with Crippen molar-refractivity contribution in [2.45, 2.75) is 19.3 Å². The molecule has 76 valence electrons. The highest BCUT2D eigenvalue weighted by Crippen LogP contribution is 2.29.